The standard InChI is InChI=1S/C10H12N4/c1-6-4-8(6)14-10-9(12)7(5-11)2-3-13-10/h2-3,6,8H,4,12H2,1H3,(H,13,14). The number of aromatic nitrogens is 1. The lowest BCUT2D eigenvalue weighted by atomic mass is 10.2. The summed E-state index contributed by atoms with van der Waals surface area (Å²) in [5, 5.41) is 12.0. The van der Waals surface area contributed by atoms with E-state index in [1.54, 1.807) is 12.3 Å². The van der Waals surface area contributed by atoms with Gasteiger partial charge >= 0.3 is 0 Å². The van der Waals surface area contributed by atoms with Crippen LogP contribution >= 0.6 is 0 Å². The van der Waals surface area contributed by atoms with Gasteiger partial charge in [-0.15, -0.1) is 0 Å². The molecule has 0 saturated heterocycles. The number of anilines is 2. The topological polar surface area (TPSA) is 74.7 Å². The molecule has 1 fully saturated rings. The van der Waals surface area contributed by atoms with E-state index in [1.807, 2.05) is 6.07 Å². The lowest BCUT2D eigenvalue weighted by Gasteiger charge is -2.07. The third-order valence-electron chi connectivity index (χ3n) is 2.54. The highest BCUT2D eigenvalue weighted by Crippen LogP contribution is 2.33. The highest BCUT2D eigenvalue weighted by Gasteiger charge is 2.33. The van der Waals surface area contributed by atoms with Gasteiger partial charge in [-0.3, -0.25) is 0 Å². The van der Waals surface area contributed by atoms with Gasteiger partial charge in [0, 0.05) is 12.2 Å². The summed E-state index contributed by atoms with van der Waals surface area (Å²) in [4.78, 5) is 4.11. The Morgan fingerprint density at radius 3 is 3.00 bits per heavy atom. The zero-order valence-electron chi connectivity index (χ0n) is 7.99. The Hall–Kier alpha value is -1.76. The van der Waals surface area contributed by atoms with Crippen molar-refractivity contribution in [3.8, 4) is 6.07 Å². The first kappa shape index (κ1) is 8.82. The molecule has 4 nitrogen and oxygen atoms in total. The molecule has 4 heteroatoms. The van der Waals surface area contributed by atoms with Gasteiger partial charge in [0.15, 0.2) is 5.82 Å². The molecular weight excluding hydrogens is 176 g/mol. The third-order valence-corrected chi connectivity index (χ3v) is 2.54. The minimum atomic E-state index is 0.453. The molecule has 14 heavy (non-hydrogen) atoms. The Labute approximate surface area is 82.8 Å². The van der Waals surface area contributed by atoms with E-state index in [2.05, 4.69) is 17.2 Å². The van der Waals surface area contributed by atoms with Crippen molar-refractivity contribution < 1.29 is 0 Å². The maximum Gasteiger partial charge on any atom is 0.150 e. The normalized spacial score (nSPS) is 24.0. The maximum absolute atomic E-state index is 8.76. The molecule has 0 aliphatic heterocycles. The number of rotatable bonds is 2. The monoisotopic (exact) mass is 188 g/mol. The number of hydrogen-bond donors (Lipinski definition) is 2. The lowest BCUT2D eigenvalue weighted by molar-refractivity contribution is 0.924. The van der Waals surface area contributed by atoms with Crippen molar-refractivity contribution in [2.24, 2.45) is 5.92 Å². The van der Waals surface area contributed by atoms with E-state index >= 15 is 0 Å². The molecule has 1 heterocycles. The van der Waals surface area contributed by atoms with Crippen LogP contribution in [-0.2, 0) is 0 Å². The van der Waals surface area contributed by atoms with Gasteiger partial charge < -0.3 is 11.1 Å². The SMILES string of the molecule is CC1CC1Nc1nccc(C#N)c1N. The van der Waals surface area contributed by atoms with Gasteiger partial charge in [-0.2, -0.15) is 5.26 Å². The van der Waals surface area contributed by atoms with Crippen molar-refractivity contribution >= 4 is 11.5 Å². The van der Waals surface area contributed by atoms with E-state index in [0.717, 1.165) is 6.42 Å². The molecule has 2 unspecified atom stereocenters. The number of nitrogens with one attached hydrogen (secondary N) is 1. The quantitative estimate of drug-likeness (QED) is 0.734. The van der Waals surface area contributed by atoms with Gasteiger partial charge in [0.1, 0.15) is 6.07 Å². The number of nitrogen functional groups attached to an aromatic ring is 1. The number of hydrogen-bond acceptors (Lipinski definition) is 4. The van der Waals surface area contributed by atoms with Crippen LogP contribution in [0.15, 0.2) is 12.3 Å². The van der Waals surface area contributed by atoms with Crippen molar-refractivity contribution in [1.82, 2.24) is 4.98 Å². The number of nitrogens with two attached hydrogens (primary N) is 1. The van der Waals surface area contributed by atoms with Crippen LogP contribution in [0.4, 0.5) is 11.5 Å². The van der Waals surface area contributed by atoms with Crippen LogP contribution in [0.1, 0.15) is 18.9 Å². The third kappa shape index (κ3) is 1.49. The summed E-state index contributed by atoms with van der Waals surface area (Å²) in [5.41, 5.74) is 6.70. The van der Waals surface area contributed by atoms with Crippen molar-refractivity contribution in [1.29, 1.82) is 5.26 Å². The second-order valence-electron chi connectivity index (χ2n) is 3.70. The number of pyridine rings is 1. The van der Waals surface area contributed by atoms with Gasteiger partial charge in [0.05, 0.1) is 11.3 Å². The Bertz CT molecular complexity index is 394. The van der Waals surface area contributed by atoms with Crippen LogP contribution < -0.4 is 11.1 Å². The van der Waals surface area contributed by atoms with E-state index < -0.39 is 0 Å². The fourth-order valence-corrected chi connectivity index (χ4v) is 1.38. The molecule has 0 bridgehead atoms. The van der Waals surface area contributed by atoms with Crippen molar-refractivity contribution in [2.45, 2.75) is 19.4 Å². The first-order valence-electron chi connectivity index (χ1n) is 4.63. The fourth-order valence-electron chi connectivity index (χ4n) is 1.38. The van der Waals surface area contributed by atoms with E-state index in [9.17, 15) is 0 Å². The van der Waals surface area contributed by atoms with E-state index in [-0.39, 0.29) is 0 Å². The van der Waals surface area contributed by atoms with Gasteiger partial charge in [-0.05, 0) is 18.4 Å². The zero-order chi connectivity index (χ0) is 10.1. The second-order valence-corrected chi connectivity index (χ2v) is 3.70. The molecule has 72 valence electrons. The summed E-state index contributed by atoms with van der Waals surface area (Å²) in [6, 6.07) is 4.13. The van der Waals surface area contributed by atoms with Crippen LogP contribution in [0, 0.1) is 17.2 Å². The molecule has 1 aromatic heterocycles. The van der Waals surface area contributed by atoms with Gasteiger partial charge in [-0.1, -0.05) is 6.92 Å². The van der Waals surface area contributed by atoms with E-state index in [0.29, 0.717) is 29.0 Å². The van der Waals surface area contributed by atoms with Crippen LogP contribution in [0.25, 0.3) is 0 Å². The smallest absolute Gasteiger partial charge is 0.150 e. The molecule has 1 aliphatic carbocycles. The highest BCUT2D eigenvalue weighted by atomic mass is 15.1. The average Bonchev–Trinajstić information content (AvgIpc) is 2.86. The average molecular weight is 188 g/mol. The highest BCUT2D eigenvalue weighted by molar-refractivity contribution is 5.69. The molecule has 2 rings (SSSR count). The minimum Gasteiger partial charge on any atom is -0.395 e. The summed E-state index contributed by atoms with van der Waals surface area (Å²) < 4.78 is 0. The second kappa shape index (κ2) is 3.18. The van der Waals surface area contributed by atoms with E-state index in [4.69, 9.17) is 11.0 Å². The Morgan fingerprint density at radius 2 is 2.43 bits per heavy atom. The summed E-state index contributed by atoms with van der Waals surface area (Å²) in [5.74, 6) is 1.32. The molecule has 0 radical (unpaired) electrons. The molecule has 0 amide bonds. The molecule has 1 aliphatic rings. The van der Waals surface area contributed by atoms with Crippen molar-refractivity contribution in [3.63, 3.8) is 0 Å². The predicted molar refractivity (Wildman–Crippen MR) is 54.6 cm³/mol. The molecule has 0 aromatic carbocycles. The molecular formula is C10H12N4. The summed E-state index contributed by atoms with van der Waals surface area (Å²) in [6.07, 6.45) is 2.75. The first-order valence-corrected chi connectivity index (χ1v) is 4.63. The van der Waals surface area contributed by atoms with Crippen LogP contribution in [-0.4, -0.2) is 11.0 Å². The largest absolute Gasteiger partial charge is 0.395 e. The molecule has 3 N–H and O–H groups in total. The summed E-state index contributed by atoms with van der Waals surface area (Å²) in [6.45, 7) is 2.17. The molecule has 1 saturated carbocycles. The van der Waals surface area contributed by atoms with Crippen molar-refractivity contribution in [2.75, 3.05) is 11.1 Å². The Morgan fingerprint density at radius 1 is 1.71 bits per heavy atom. The Kier molecular flexibility index (Phi) is 2.01. The van der Waals surface area contributed by atoms with Crippen LogP contribution in [0.2, 0.25) is 0 Å². The van der Waals surface area contributed by atoms with Gasteiger partial charge in [0.25, 0.3) is 0 Å². The van der Waals surface area contributed by atoms with Gasteiger partial charge in [-0.25, -0.2) is 4.98 Å². The lowest BCUT2D eigenvalue weighted by Crippen LogP contribution is -2.08. The number of nitrogens with zero attached hydrogens (tertiary/aromatic N) is 2. The number of nitriles is 1. The van der Waals surface area contributed by atoms with Crippen molar-refractivity contribution in [3.05, 3.63) is 17.8 Å². The first-order chi connectivity index (χ1) is 6.72. The summed E-state index contributed by atoms with van der Waals surface area (Å²) in [7, 11) is 0. The zero-order valence-corrected chi connectivity index (χ0v) is 7.99. The minimum absolute atomic E-state index is 0.453. The predicted octanol–water partition coefficient (Wildman–Crippen LogP) is 1.36. The Balaban J connectivity index is 2.21. The molecule has 1 aromatic rings. The van der Waals surface area contributed by atoms with E-state index in [1.165, 1.54) is 0 Å². The maximum atomic E-state index is 8.76. The summed E-state index contributed by atoms with van der Waals surface area (Å²) >= 11 is 0. The fraction of sp³-hybridized carbons (Fsp3) is 0.400. The van der Waals surface area contributed by atoms with Crippen LogP contribution in [0.3, 0.4) is 0 Å². The van der Waals surface area contributed by atoms with Crippen LogP contribution in [0.5, 0.6) is 0 Å². The molecule has 0 spiro atoms. The molecule has 2 atom stereocenters. The van der Waals surface area contributed by atoms with Gasteiger partial charge in [0.2, 0.25) is 0 Å².